The summed E-state index contributed by atoms with van der Waals surface area (Å²) in [7, 11) is 1.92. The van der Waals surface area contributed by atoms with E-state index < -0.39 is 0 Å². The smallest absolute Gasteiger partial charge is 0.140 e. The van der Waals surface area contributed by atoms with Crippen LogP contribution in [0.2, 0.25) is 0 Å². The highest BCUT2D eigenvalue weighted by atomic mass is 79.9. The Hall–Kier alpha value is -0.320. The van der Waals surface area contributed by atoms with Crippen LogP contribution in [0.4, 0.5) is 0 Å². The molecular formula is C12H15Br2NO. The van der Waals surface area contributed by atoms with Crippen molar-refractivity contribution in [1.82, 2.24) is 5.32 Å². The van der Waals surface area contributed by atoms with Crippen LogP contribution >= 0.6 is 31.9 Å². The average Bonchev–Trinajstić information content (AvgIpc) is 2.23. The Morgan fingerprint density at radius 1 is 1.38 bits per heavy atom. The molecule has 0 amide bonds. The summed E-state index contributed by atoms with van der Waals surface area (Å²) < 4.78 is 7.61. The van der Waals surface area contributed by atoms with Crippen LogP contribution in [-0.2, 0) is 0 Å². The number of nitrogens with one attached hydrogen (secondary N) is 1. The van der Waals surface area contributed by atoms with Gasteiger partial charge in [0.15, 0.2) is 0 Å². The number of rotatable bonds is 5. The topological polar surface area (TPSA) is 21.3 Å². The van der Waals surface area contributed by atoms with Crippen molar-refractivity contribution in [3.05, 3.63) is 32.7 Å². The molecule has 4 heteroatoms. The van der Waals surface area contributed by atoms with Gasteiger partial charge in [-0.15, -0.1) is 0 Å². The molecule has 0 unspecified atom stereocenters. The van der Waals surface area contributed by atoms with Gasteiger partial charge in [0.2, 0.25) is 0 Å². The van der Waals surface area contributed by atoms with Gasteiger partial charge in [-0.2, -0.15) is 0 Å². The molecule has 0 saturated heterocycles. The molecule has 88 valence electrons. The zero-order chi connectivity index (χ0) is 12.0. The Labute approximate surface area is 113 Å². The maximum Gasteiger partial charge on any atom is 0.140 e. The number of ether oxygens (including phenoxy) is 1. The molecule has 0 aromatic heterocycles. The van der Waals surface area contributed by atoms with E-state index in [9.17, 15) is 0 Å². The Balaban J connectivity index is 3.03. The van der Waals surface area contributed by atoms with Crippen molar-refractivity contribution in [2.24, 2.45) is 0 Å². The van der Waals surface area contributed by atoms with Gasteiger partial charge in [0.1, 0.15) is 5.75 Å². The summed E-state index contributed by atoms with van der Waals surface area (Å²) >= 11 is 6.98. The van der Waals surface area contributed by atoms with Crippen LogP contribution in [0.1, 0.15) is 12.5 Å². The molecule has 0 aliphatic rings. The minimum atomic E-state index is 0.660. The van der Waals surface area contributed by atoms with E-state index in [2.05, 4.69) is 49.3 Å². The van der Waals surface area contributed by atoms with Crippen molar-refractivity contribution in [2.45, 2.75) is 6.92 Å². The van der Waals surface area contributed by atoms with Crippen LogP contribution in [0.25, 0.3) is 6.08 Å². The molecule has 0 saturated carbocycles. The molecule has 0 spiro atoms. The van der Waals surface area contributed by atoms with E-state index in [0.29, 0.717) is 6.61 Å². The molecule has 1 N–H and O–H groups in total. The van der Waals surface area contributed by atoms with Gasteiger partial charge in [0.25, 0.3) is 0 Å². The van der Waals surface area contributed by atoms with E-state index in [1.54, 1.807) is 0 Å². The summed E-state index contributed by atoms with van der Waals surface area (Å²) in [4.78, 5) is 0. The minimum Gasteiger partial charge on any atom is -0.492 e. The molecule has 1 rings (SSSR count). The fourth-order valence-corrected chi connectivity index (χ4v) is 2.68. The second kappa shape index (κ2) is 7.09. The Kier molecular flexibility index (Phi) is 6.09. The van der Waals surface area contributed by atoms with Crippen molar-refractivity contribution in [2.75, 3.05) is 20.2 Å². The third kappa shape index (κ3) is 3.92. The summed E-state index contributed by atoms with van der Waals surface area (Å²) in [5.74, 6) is 0.887. The molecular weight excluding hydrogens is 334 g/mol. The molecule has 2 nitrogen and oxygen atoms in total. The monoisotopic (exact) mass is 347 g/mol. The van der Waals surface area contributed by atoms with Crippen LogP contribution in [0.3, 0.4) is 0 Å². The number of hydrogen-bond acceptors (Lipinski definition) is 2. The van der Waals surface area contributed by atoms with Crippen molar-refractivity contribution >= 4 is 37.9 Å². The van der Waals surface area contributed by atoms with Crippen LogP contribution in [0.5, 0.6) is 5.75 Å². The molecule has 1 aromatic carbocycles. The van der Waals surface area contributed by atoms with E-state index >= 15 is 0 Å². The first-order valence-electron chi connectivity index (χ1n) is 5.12. The summed E-state index contributed by atoms with van der Waals surface area (Å²) in [5, 5.41) is 3.07. The van der Waals surface area contributed by atoms with Gasteiger partial charge in [-0.3, -0.25) is 0 Å². The highest BCUT2D eigenvalue weighted by molar-refractivity contribution is 9.11. The molecule has 0 aliphatic carbocycles. The van der Waals surface area contributed by atoms with Gasteiger partial charge in [0, 0.05) is 16.6 Å². The predicted octanol–water partition coefficient (Wildman–Crippen LogP) is 3.84. The van der Waals surface area contributed by atoms with Crippen molar-refractivity contribution in [3.63, 3.8) is 0 Å². The SMILES string of the molecule is CCOc1c(Br)cc(Br)cc1C=CCNC. The maximum absolute atomic E-state index is 5.61. The number of benzene rings is 1. The number of hydrogen-bond donors (Lipinski definition) is 1. The number of halogens is 2. The largest absolute Gasteiger partial charge is 0.492 e. The zero-order valence-corrected chi connectivity index (χ0v) is 12.6. The molecule has 0 bridgehead atoms. The predicted molar refractivity (Wildman–Crippen MR) is 76.0 cm³/mol. The fourth-order valence-electron chi connectivity index (χ4n) is 1.30. The minimum absolute atomic E-state index is 0.660. The zero-order valence-electron chi connectivity index (χ0n) is 9.39. The van der Waals surface area contributed by atoms with E-state index in [4.69, 9.17) is 4.74 Å². The summed E-state index contributed by atoms with van der Waals surface area (Å²) in [6.07, 6.45) is 4.12. The van der Waals surface area contributed by atoms with Gasteiger partial charge in [-0.05, 0) is 42.0 Å². The van der Waals surface area contributed by atoms with E-state index in [-0.39, 0.29) is 0 Å². The van der Waals surface area contributed by atoms with E-state index in [1.807, 2.05) is 26.1 Å². The second-order valence-corrected chi connectivity index (χ2v) is 4.97. The summed E-state index contributed by atoms with van der Waals surface area (Å²) in [6, 6.07) is 4.03. The molecule has 0 heterocycles. The fraction of sp³-hybridized carbons (Fsp3) is 0.333. The van der Waals surface area contributed by atoms with Crippen LogP contribution in [0, 0.1) is 0 Å². The van der Waals surface area contributed by atoms with Crippen LogP contribution < -0.4 is 10.1 Å². The van der Waals surface area contributed by atoms with Gasteiger partial charge in [-0.25, -0.2) is 0 Å². The second-order valence-electron chi connectivity index (χ2n) is 3.20. The lowest BCUT2D eigenvalue weighted by molar-refractivity contribution is 0.337. The first-order valence-corrected chi connectivity index (χ1v) is 6.70. The lowest BCUT2D eigenvalue weighted by Gasteiger charge is -2.10. The van der Waals surface area contributed by atoms with Gasteiger partial charge in [0.05, 0.1) is 11.1 Å². The third-order valence-electron chi connectivity index (χ3n) is 1.95. The van der Waals surface area contributed by atoms with Crippen LogP contribution in [-0.4, -0.2) is 20.2 Å². The molecule has 0 aliphatic heterocycles. The summed E-state index contributed by atoms with van der Waals surface area (Å²) in [6.45, 7) is 3.48. The normalized spacial score (nSPS) is 11.0. The highest BCUT2D eigenvalue weighted by Gasteiger charge is 2.07. The van der Waals surface area contributed by atoms with E-state index in [1.165, 1.54) is 0 Å². The lowest BCUT2D eigenvalue weighted by Crippen LogP contribution is -2.03. The van der Waals surface area contributed by atoms with Crippen molar-refractivity contribution in [3.8, 4) is 5.75 Å². The van der Waals surface area contributed by atoms with Crippen molar-refractivity contribution < 1.29 is 4.74 Å². The van der Waals surface area contributed by atoms with Gasteiger partial charge in [-0.1, -0.05) is 28.1 Å². The average molecular weight is 349 g/mol. The van der Waals surface area contributed by atoms with Gasteiger partial charge >= 0.3 is 0 Å². The summed E-state index contributed by atoms with van der Waals surface area (Å²) in [5.41, 5.74) is 1.07. The first-order chi connectivity index (χ1) is 7.69. The molecule has 0 fully saturated rings. The molecule has 16 heavy (non-hydrogen) atoms. The Bertz CT molecular complexity index is 378. The molecule has 1 aromatic rings. The van der Waals surface area contributed by atoms with Crippen molar-refractivity contribution in [1.29, 1.82) is 0 Å². The van der Waals surface area contributed by atoms with E-state index in [0.717, 1.165) is 26.8 Å². The third-order valence-corrected chi connectivity index (χ3v) is 2.99. The molecule has 0 radical (unpaired) electrons. The highest BCUT2D eigenvalue weighted by Crippen LogP contribution is 2.33. The lowest BCUT2D eigenvalue weighted by atomic mass is 10.2. The Morgan fingerprint density at radius 3 is 2.75 bits per heavy atom. The van der Waals surface area contributed by atoms with Crippen LogP contribution in [0.15, 0.2) is 27.2 Å². The number of likely N-dealkylation sites (N-methyl/N-ethyl adjacent to an activating group) is 1. The quantitative estimate of drug-likeness (QED) is 0.872. The molecule has 0 atom stereocenters. The van der Waals surface area contributed by atoms with Gasteiger partial charge < -0.3 is 10.1 Å². The maximum atomic E-state index is 5.61. The Morgan fingerprint density at radius 2 is 2.12 bits per heavy atom. The standard InChI is InChI=1S/C12H15Br2NO/c1-3-16-12-9(5-4-6-15-2)7-10(13)8-11(12)14/h4-5,7-8,15H,3,6H2,1-2H3. The first kappa shape index (κ1) is 13.7.